The van der Waals surface area contributed by atoms with E-state index in [0.717, 1.165) is 25.9 Å². The van der Waals surface area contributed by atoms with Crippen LogP contribution in [0.15, 0.2) is 24.3 Å². The molecule has 1 aromatic rings. The van der Waals surface area contributed by atoms with E-state index in [1.807, 2.05) is 11.8 Å². The molecule has 1 N–H and O–H groups in total. The van der Waals surface area contributed by atoms with Gasteiger partial charge in [0.2, 0.25) is 5.91 Å². The molecule has 1 heterocycles. The standard InChI is InChI=1S/C18H28N2O/c1-14-10-6-7-11-17(14)15(2)19-16(3)18(21)20-12-8-4-5-9-13-20/h6-7,10-11,15-16,19H,4-5,8-9,12-13H2,1-3H3. The van der Waals surface area contributed by atoms with E-state index in [2.05, 4.69) is 43.4 Å². The van der Waals surface area contributed by atoms with Crippen molar-refractivity contribution < 1.29 is 4.79 Å². The van der Waals surface area contributed by atoms with Gasteiger partial charge in [-0.05, 0) is 44.7 Å². The maximum Gasteiger partial charge on any atom is 0.239 e. The molecule has 0 spiro atoms. The molecule has 1 amide bonds. The Morgan fingerprint density at radius 2 is 1.71 bits per heavy atom. The van der Waals surface area contributed by atoms with Crippen molar-refractivity contribution >= 4 is 5.91 Å². The molecule has 2 unspecified atom stereocenters. The van der Waals surface area contributed by atoms with Crippen molar-refractivity contribution in [3.8, 4) is 0 Å². The summed E-state index contributed by atoms with van der Waals surface area (Å²) < 4.78 is 0. The SMILES string of the molecule is Cc1ccccc1C(C)NC(C)C(=O)N1CCCCCC1. The Morgan fingerprint density at radius 1 is 1.10 bits per heavy atom. The Labute approximate surface area is 128 Å². The van der Waals surface area contributed by atoms with Crippen molar-refractivity contribution in [2.24, 2.45) is 0 Å². The third-order valence-corrected chi connectivity index (χ3v) is 4.44. The lowest BCUT2D eigenvalue weighted by atomic mass is 10.0. The van der Waals surface area contributed by atoms with Crippen LogP contribution in [0.2, 0.25) is 0 Å². The van der Waals surface area contributed by atoms with Gasteiger partial charge in [-0.2, -0.15) is 0 Å². The number of nitrogens with zero attached hydrogens (tertiary/aromatic N) is 1. The molecule has 2 atom stereocenters. The van der Waals surface area contributed by atoms with Crippen molar-refractivity contribution in [3.05, 3.63) is 35.4 Å². The summed E-state index contributed by atoms with van der Waals surface area (Å²) in [5.41, 5.74) is 2.54. The lowest BCUT2D eigenvalue weighted by Crippen LogP contribution is -2.46. The number of nitrogens with one attached hydrogen (secondary N) is 1. The van der Waals surface area contributed by atoms with Crippen LogP contribution < -0.4 is 5.32 Å². The second kappa shape index (κ2) is 7.60. The number of rotatable bonds is 4. The van der Waals surface area contributed by atoms with E-state index >= 15 is 0 Å². The fourth-order valence-electron chi connectivity index (χ4n) is 3.17. The van der Waals surface area contributed by atoms with Crippen molar-refractivity contribution in [3.63, 3.8) is 0 Å². The van der Waals surface area contributed by atoms with Crippen molar-refractivity contribution in [1.82, 2.24) is 10.2 Å². The molecule has 2 rings (SSSR count). The fourth-order valence-corrected chi connectivity index (χ4v) is 3.17. The van der Waals surface area contributed by atoms with Crippen LogP contribution in [0, 0.1) is 6.92 Å². The number of carbonyl (C=O) groups is 1. The van der Waals surface area contributed by atoms with Gasteiger partial charge in [0.25, 0.3) is 0 Å². The summed E-state index contributed by atoms with van der Waals surface area (Å²) in [5.74, 6) is 0.248. The van der Waals surface area contributed by atoms with Crippen LogP contribution in [-0.2, 0) is 4.79 Å². The maximum absolute atomic E-state index is 12.6. The largest absolute Gasteiger partial charge is 0.341 e. The zero-order chi connectivity index (χ0) is 15.2. The van der Waals surface area contributed by atoms with Gasteiger partial charge >= 0.3 is 0 Å². The average Bonchev–Trinajstić information content (AvgIpc) is 2.75. The highest BCUT2D eigenvalue weighted by atomic mass is 16.2. The van der Waals surface area contributed by atoms with Gasteiger partial charge in [0, 0.05) is 19.1 Å². The Morgan fingerprint density at radius 3 is 2.33 bits per heavy atom. The van der Waals surface area contributed by atoms with Crippen LogP contribution in [0.1, 0.15) is 56.7 Å². The van der Waals surface area contributed by atoms with Crippen LogP contribution in [0.5, 0.6) is 0 Å². The molecule has 1 aliphatic rings. The minimum absolute atomic E-state index is 0.127. The number of amides is 1. The summed E-state index contributed by atoms with van der Waals surface area (Å²) in [4.78, 5) is 14.6. The summed E-state index contributed by atoms with van der Waals surface area (Å²) >= 11 is 0. The van der Waals surface area contributed by atoms with E-state index in [4.69, 9.17) is 0 Å². The lowest BCUT2D eigenvalue weighted by molar-refractivity contribution is -0.133. The molecule has 0 saturated carbocycles. The van der Waals surface area contributed by atoms with Gasteiger partial charge in [-0.25, -0.2) is 0 Å². The summed E-state index contributed by atoms with van der Waals surface area (Å²) in [7, 11) is 0. The highest BCUT2D eigenvalue weighted by Gasteiger charge is 2.23. The summed E-state index contributed by atoms with van der Waals surface area (Å²) in [6.07, 6.45) is 4.80. The number of likely N-dealkylation sites (tertiary alicyclic amines) is 1. The normalized spacial score (nSPS) is 18.9. The molecular formula is C18H28N2O. The van der Waals surface area contributed by atoms with Crippen molar-refractivity contribution in [1.29, 1.82) is 0 Å². The quantitative estimate of drug-likeness (QED) is 0.920. The number of aryl methyl sites for hydroxylation is 1. The van der Waals surface area contributed by atoms with Gasteiger partial charge in [0.15, 0.2) is 0 Å². The maximum atomic E-state index is 12.6. The summed E-state index contributed by atoms with van der Waals surface area (Å²) in [6.45, 7) is 8.08. The van der Waals surface area contributed by atoms with E-state index in [9.17, 15) is 4.79 Å². The zero-order valence-electron chi connectivity index (χ0n) is 13.6. The zero-order valence-corrected chi connectivity index (χ0v) is 13.6. The van der Waals surface area contributed by atoms with Gasteiger partial charge in [0.05, 0.1) is 6.04 Å². The second-order valence-electron chi connectivity index (χ2n) is 6.21. The molecule has 1 aromatic carbocycles. The van der Waals surface area contributed by atoms with E-state index in [0.29, 0.717) is 0 Å². The van der Waals surface area contributed by atoms with Gasteiger partial charge in [0.1, 0.15) is 0 Å². The Hall–Kier alpha value is -1.35. The number of hydrogen-bond donors (Lipinski definition) is 1. The topological polar surface area (TPSA) is 32.3 Å². The lowest BCUT2D eigenvalue weighted by Gasteiger charge is -2.27. The predicted octanol–water partition coefficient (Wildman–Crippen LogP) is 3.44. The first-order valence-corrected chi connectivity index (χ1v) is 8.20. The molecule has 1 aliphatic heterocycles. The molecule has 0 aromatic heterocycles. The molecule has 1 saturated heterocycles. The fraction of sp³-hybridized carbons (Fsp3) is 0.611. The third kappa shape index (κ3) is 4.31. The van der Waals surface area contributed by atoms with Gasteiger partial charge in [-0.1, -0.05) is 37.1 Å². The summed E-state index contributed by atoms with van der Waals surface area (Å²) in [5, 5.41) is 3.46. The Bertz CT molecular complexity index is 464. The smallest absolute Gasteiger partial charge is 0.239 e. The van der Waals surface area contributed by atoms with E-state index in [1.54, 1.807) is 0 Å². The molecule has 1 fully saturated rings. The minimum Gasteiger partial charge on any atom is -0.341 e. The monoisotopic (exact) mass is 288 g/mol. The number of carbonyl (C=O) groups excluding carboxylic acids is 1. The Kier molecular flexibility index (Phi) is 5.80. The van der Waals surface area contributed by atoms with Crippen LogP contribution >= 0.6 is 0 Å². The molecule has 0 bridgehead atoms. The molecule has 3 nitrogen and oxygen atoms in total. The molecule has 0 aliphatic carbocycles. The number of benzene rings is 1. The van der Waals surface area contributed by atoms with Gasteiger partial charge in [-0.15, -0.1) is 0 Å². The predicted molar refractivity (Wildman–Crippen MR) is 87.2 cm³/mol. The summed E-state index contributed by atoms with van der Waals surface area (Å²) in [6, 6.07) is 8.43. The second-order valence-corrected chi connectivity index (χ2v) is 6.21. The van der Waals surface area contributed by atoms with Crippen molar-refractivity contribution in [2.75, 3.05) is 13.1 Å². The average molecular weight is 288 g/mol. The third-order valence-electron chi connectivity index (χ3n) is 4.44. The highest BCUT2D eigenvalue weighted by molar-refractivity contribution is 5.81. The molecular weight excluding hydrogens is 260 g/mol. The van der Waals surface area contributed by atoms with Crippen LogP contribution in [-0.4, -0.2) is 29.9 Å². The highest BCUT2D eigenvalue weighted by Crippen LogP contribution is 2.18. The molecule has 116 valence electrons. The van der Waals surface area contributed by atoms with E-state index in [-0.39, 0.29) is 18.0 Å². The first kappa shape index (κ1) is 16.0. The molecule has 0 radical (unpaired) electrons. The van der Waals surface area contributed by atoms with Crippen LogP contribution in [0.3, 0.4) is 0 Å². The molecule has 21 heavy (non-hydrogen) atoms. The van der Waals surface area contributed by atoms with E-state index < -0.39 is 0 Å². The number of hydrogen-bond acceptors (Lipinski definition) is 2. The van der Waals surface area contributed by atoms with Gasteiger partial charge in [-0.3, -0.25) is 10.1 Å². The first-order chi connectivity index (χ1) is 10.1. The Balaban J connectivity index is 1.95. The first-order valence-electron chi connectivity index (χ1n) is 8.20. The van der Waals surface area contributed by atoms with Crippen molar-refractivity contribution in [2.45, 2.75) is 58.5 Å². The van der Waals surface area contributed by atoms with E-state index in [1.165, 1.54) is 24.0 Å². The van der Waals surface area contributed by atoms with Gasteiger partial charge < -0.3 is 4.90 Å². The van der Waals surface area contributed by atoms with Crippen LogP contribution in [0.4, 0.5) is 0 Å². The minimum atomic E-state index is -0.127. The molecule has 3 heteroatoms. The van der Waals surface area contributed by atoms with Crippen LogP contribution in [0.25, 0.3) is 0 Å².